The highest BCUT2D eigenvalue weighted by Crippen LogP contribution is 2.19. The van der Waals surface area contributed by atoms with E-state index in [1.807, 2.05) is 0 Å². The predicted octanol–water partition coefficient (Wildman–Crippen LogP) is 3.00. The molecule has 2 nitrogen and oxygen atoms in total. The summed E-state index contributed by atoms with van der Waals surface area (Å²) in [6.45, 7) is 5.58. The third kappa shape index (κ3) is 4.16. The van der Waals surface area contributed by atoms with Crippen molar-refractivity contribution in [3.05, 3.63) is 29.8 Å². The fourth-order valence-electron chi connectivity index (χ4n) is 2.38. The van der Waals surface area contributed by atoms with Gasteiger partial charge < -0.3 is 5.73 Å². The molecular formula is C14H23ClN2S. The first-order valence-corrected chi connectivity index (χ1v) is 7.52. The molecular weight excluding hydrogens is 264 g/mol. The molecule has 2 unspecified atom stereocenters. The van der Waals surface area contributed by atoms with Crippen molar-refractivity contribution in [1.82, 2.24) is 4.90 Å². The van der Waals surface area contributed by atoms with Crippen molar-refractivity contribution in [2.75, 3.05) is 19.3 Å². The summed E-state index contributed by atoms with van der Waals surface area (Å²) in [5.74, 6) is 0.620. The summed E-state index contributed by atoms with van der Waals surface area (Å²) >= 11 is 1.79. The van der Waals surface area contributed by atoms with E-state index in [1.54, 1.807) is 11.8 Å². The van der Waals surface area contributed by atoms with Crippen molar-refractivity contribution in [3.8, 4) is 0 Å². The molecule has 1 aliphatic heterocycles. The van der Waals surface area contributed by atoms with Gasteiger partial charge in [-0.15, -0.1) is 24.2 Å². The van der Waals surface area contributed by atoms with Crippen LogP contribution in [0.5, 0.6) is 0 Å². The number of hydrogen-bond donors (Lipinski definition) is 1. The first-order valence-electron chi connectivity index (χ1n) is 6.30. The molecule has 0 bridgehead atoms. The summed E-state index contributed by atoms with van der Waals surface area (Å²) < 4.78 is 0. The van der Waals surface area contributed by atoms with E-state index in [0.29, 0.717) is 12.0 Å². The lowest BCUT2D eigenvalue weighted by molar-refractivity contribution is 0.158. The molecule has 1 aromatic rings. The summed E-state index contributed by atoms with van der Waals surface area (Å²) in [4.78, 5) is 3.85. The number of nitrogens with zero attached hydrogens (tertiary/aromatic N) is 1. The van der Waals surface area contributed by atoms with Gasteiger partial charge in [-0.1, -0.05) is 19.1 Å². The summed E-state index contributed by atoms with van der Waals surface area (Å²) in [6, 6.07) is 9.29. The normalized spacial score (nSPS) is 24.6. The van der Waals surface area contributed by atoms with Gasteiger partial charge in [0.15, 0.2) is 0 Å². The van der Waals surface area contributed by atoms with E-state index in [-0.39, 0.29) is 12.4 Å². The minimum atomic E-state index is 0. The second-order valence-corrected chi connectivity index (χ2v) is 5.89. The zero-order valence-electron chi connectivity index (χ0n) is 11.1. The molecule has 0 radical (unpaired) electrons. The third-order valence-corrected chi connectivity index (χ3v) is 4.36. The Balaban J connectivity index is 0.00000162. The van der Waals surface area contributed by atoms with Gasteiger partial charge in [-0.3, -0.25) is 4.90 Å². The molecule has 2 rings (SSSR count). The highest BCUT2D eigenvalue weighted by molar-refractivity contribution is 7.98. The highest BCUT2D eigenvalue weighted by atomic mass is 35.5. The zero-order valence-corrected chi connectivity index (χ0v) is 12.8. The molecule has 102 valence electrons. The van der Waals surface area contributed by atoms with Crippen molar-refractivity contribution in [2.45, 2.75) is 30.8 Å². The van der Waals surface area contributed by atoms with Crippen LogP contribution >= 0.6 is 24.2 Å². The minimum absolute atomic E-state index is 0. The highest BCUT2D eigenvalue weighted by Gasteiger charge is 2.22. The number of thioether (sulfide) groups is 1. The first-order chi connectivity index (χ1) is 8.19. The molecule has 0 spiro atoms. The van der Waals surface area contributed by atoms with E-state index in [0.717, 1.165) is 26.1 Å². The van der Waals surface area contributed by atoms with E-state index in [9.17, 15) is 0 Å². The molecule has 2 atom stereocenters. The van der Waals surface area contributed by atoms with Gasteiger partial charge in [0, 0.05) is 24.0 Å². The number of halogens is 1. The van der Waals surface area contributed by atoms with Crippen LogP contribution in [-0.4, -0.2) is 30.3 Å². The average molecular weight is 287 g/mol. The Labute approximate surface area is 121 Å². The molecule has 18 heavy (non-hydrogen) atoms. The number of nitrogens with two attached hydrogens (primary N) is 1. The second-order valence-electron chi connectivity index (χ2n) is 5.01. The molecule has 1 aliphatic rings. The number of hydrogen-bond acceptors (Lipinski definition) is 3. The zero-order chi connectivity index (χ0) is 12.3. The quantitative estimate of drug-likeness (QED) is 0.866. The smallest absolute Gasteiger partial charge is 0.0233 e. The molecule has 0 amide bonds. The number of rotatable bonds is 3. The molecule has 0 aromatic heterocycles. The predicted molar refractivity (Wildman–Crippen MR) is 82.5 cm³/mol. The van der Waals surface area contributed by atoms with Gasteiger partial charge in [0.25, 0.3) is 0 Å². The van der Waals surface area contributed by atoms with E-state index in [4.69, 9.17) is 5.73 Å². The Kier molecular flexibility index (Phi) is 6.50. The van der Waals surface area contributed by atoms with Gasteiger partial charge in [0.1, 0.15) is 0 Å². The Morgan fingerprint density at radius 3 is 2.56 bits per heavy atom. The van der Waals surface area contributed by atoms with Gasteiger partial charge >= 0.3 is 0 Å². The van der Waals surface area contributed by atoms with Gasteiger partial charge in [-0.05, 0) is 42.8 Å². The summed E-state index contributed by atoms with van der Waals surface area (Å²) in [5.41, 5.74) is 7.45. The number of piperidine rings is 1. The molecule has 1 fully saturated rings. The maximum absolute atomic E-state index is 6.04. The van der Waals surface area contributed by atoms with Gasteiger partial charge in [-0.25, -0.2) is 0 Å². The molecule has 0 saturated carbocycles. The van der Waals surface area contributed by atoms with Crippen molar-refractivity contribution >= 4 is 24.2 Å². The molecule has 1 aromatic carbocycles. The van der Waals surface area contributed by atoms with Crippen LogP contribution in [0.15, 0.2) is 29.2 Å². The largest absolute Gasteiger partial charge is 0.327 e. The van der Waals surface area contributed by atoms with E-state index in [2.05, 4.69) is 42.3 Å². The van der Waals surface area contributed by atoms with Gasteiger partial charge in [0.2, 0.25) is 0 Å². The fourth-order valence-corrected chi connectivity index (χ4v) is 2.79. The second kappa shape index (κ2) is 7.39. The fraction of sp³-hybridized carbons (Fsp3) is 0.571. The topological polar surface area (TPSA) is 29.3 Å². The molecule has 2 N–H and O–H groups in total. The van der Waals surface area contributed by atoms with Crippen LogP contribution in [-0.2, 0) is 6.54 Å². The van der Waals surface area contributed by atoms with E-state index in [1.165, 1.54) is 10.5 Å². The average Bonchev–Trinajstić information content (AvgIpc) is 2.35. The maximum Gasteiger partial charge on any atom is 0.0233 e. The lowest BCUT2D eigenvalue weighted by Gasteiger charge is -2.35. The Morgan fingerprint density at radius 2 is 2.00 bits per heavy atom. The summed E-state index contributed by atoms with van der Waals surface area (Å²) in [6.07, 6.45) is 3.24. The van der Waals surface area contributed by atoms with Gasteiger partial charge in [-0.2, -0.15) is 0 Å². The van der Waals surface area contributed by atoms with Crippen LogP contribution in [0.2, 0.25) is 0 Å². The minimum Gasteiger partial charge on any atom is -0.327 e. The lowest BCUT2D eigenvalue weighted by Crippen LogP contribution is -2.45. The van der Waals surface area contributed by atoms with Crippen LogP contribution in [0.25, 0.3) is 0 Å². The summed E-state index contributed by atoms with van der Waals surface area (Å²) in [7, 11) is 0. The van der Waals surface area contributed by atoms with Crippen molar-refractivity contribution in [2.24, 2.45) is 11.7 Å². The van der Waals surface area contributed by atoms with Crippen LogP contribution in [0, 0.1) is 5.92 Å². The summed E-state index contributed by atoms with van der Waals surface area (Å²) in [5, 5.41) is 0. The SMILES string of the molecule is CSc1ccc(CN2CCC(N)C(C)C2)cc1.Cl. The maximum atomic E-state index is 6.04. The monoisotopic (exact) mass is 286 g/mol. The Bertz CT molecular complexity index is 355. The molecule has 1 saturated heterocycles. The van der Waals surface area contributed by atoms with Crippen molar-refractivity contribution < 1.29 is 0 Å². The number of likely N-dealkylation sites (tertiary alicyclic amines) is 1. The first kappa shape index (κ1) is 15.8. The van der Waals surface area contributed by atoms with E-state index < -0.39 is 0 Å². The number of benzene rings is 1. The van der Waals surface area contributed by atoms with E-state index >= 15 is 0 Å². The molecule has 0 aliphatic carbocycles. The third-order valence-electron chi connectivity index (χ3n) is 3.62. The van der Waals surface area contributed by atoms with Crippen LogP contribution < -0.4 is 5.73 Å². The standard InChI is InChI=1S/C14H22N2S.ClH/c1-11-9-16(8-7-14(11)15)10-12-3-5-13(17-2)6-4-12;/h3-6,11,14H,7-10,15H2,1-2H3;1H. The van der Waals surface area contributed by atoms with Gasteiger partial charge in [0.05, 0.1) is 0 Å². The lowest BCUT2D eigenvalue weighted by atomic mass is 9.94. The van der Waals surface area contributed by atoms with Crippen LogP contribution in [0.1, 0.15) is 18.9 Å². The molecule has 4 heteroatoms. The van der Waals surface area contributed by atoms with Crippen LogP contribution in [0.4, 0.5) is 0 Å². The van der Waals surface area contributed by atoms with Crippen molar-refractivity contribution in [3.63, 3.8) is 0 Å². The van der Waals surface area contributed by atoms with Crippen molar-refractivity contribution in [1.29, 1.82) is 0 Å². The Hall–Kier alpha value is -0.220. The van der Waals surface area contributed by atoms with Crippen LogP contribution in [0.3, 0.4) is 0 Å². The molecule has 1 heterocycles. The Morgan fingerprint density at radius 1 is 1.33 bits per heavy atom.